The van der Waals surface area contributed by atoms with Crippen molar-refractivity contribution < 1.29 is 39.4 Å². The summed E-state index contributed by atoms with van der Waals surface area (Å²) in [7, 11) is 0. The van der Waals surface area contributed by atoms with Gasteiger partial charge < -0.3 is 34.6 Å². The van der Waals surface area contributed by atoms with Crippen LogP contribution in [0, 0.1) is 46.3 Å². The molecule has 4 N–H and O–H groups in total. The van der Waals surface area contributed by atoms with Crippen molar-refractivity contribution >= 4 is 5.97 Å². The number of hydrogen-bond acceptors (Lipinski definition) is 8. The molecule has 8 heteroatoms. The van der Waals surface area contributed by atoms with Crippen LogP contribution in [0.5, 0.6) is 0 Å². The van der Waals surface area contributed by atoms with Crippen LogP contribution in [0.25, 0.3) is 0 Å². The first-order valence-corrected chi connectivity index (χ1v) is 23.2. The Morgan fingerprint density at radius 3 is 2.15 bits per heavy atom. The van der Waals surface area contributed by atoms with E-state index in [1.165, 1.54) is 95.5 Å². The van der Waals surface area contributed by atoms with Crippen LogP contribution in [-0.4, -0.2) is 75.9 Å². The van der Waals surface area contributed by atoms with E-state index in [1.807, 2.05) is 0 Å². The second-order valence-corrected chi connectivity index (χ2v) is 19.9. The summed E-state index contributed by atoms with van der Waals surface area (Å²) in [6.07, 6.45) is 19.7. The summed E-state index contributed by atoms with van der Waals surface area (Å²) in [5.74, 6) is 3.15. The molecule has 5 aliphatic rings. The van der Waals surface area contributed by atoms with Crippen LogP contribution in [-0.2, 0) is 19.0 Å². The van der Waals surface area contributed by atoms with Crippen LogP contribution < -0.4 is 0 Å². The molecule has 0 bridgehead atoms. The van der Waals surface area contributed by atoms with Gasteiger partial charge >= 0.3 is 5.97 Å². The molecule has 1 saturated heterocycles. The Bertz CT molecular complexity index is 1210. The van der Waals surface area contributed by atoms with Crippen molar-refractivity contribution in [3.8, 4) is 0 Å². The van der Waals surface area contributed by atoms with Crippen LogP contribution >= 0.6 is 0 Å². The van der Waals surface area contributed by atoms with Gasteiger partial charge in [0.2, 0.25) is 0 Å². The second kappa shape index (κ2) is 20.8. The highest BCUT2D eigenvalue weighted by molar-refractivity contribution is 5.69. The van der Waals surface area contributed by atoms with Crippen LogP contribution in [0.15, 0.2) is 11.6 Å². The lowest BCUT2D eigenvalue weighted by Gasteiger charge is -2.59. The summed E-state index contributed by atoms with van der Waals surface area (Å²) in [5.41, 5.74) is 1.54. The summed E-state index contributed by atoms with van der Waals surface area (Å²) >= 11 is 0. The third-order valence-electron chi connectivity index (χ3n) is 15.7. The smallest absolute Gasteiger partial charge is 0.305 e. The first kappa shape index (κ1) is 45.1. The molecule has 5 rings (SSSR count). The van der Waals surface area contributed by atoms with Gasteiger partial charge in [0.05, 0.1) is 12.2 Å². The van der Waals surface area contributed by atoms with Gasteiger partial charge in [-0.05, 0) is 97.7 Å². The minimum absolute atomic E-state index is 0.00156. The predicted molar refractivity (Wildman–Crippen MR) is 218 cm³/mol. The number of esters is 1. The van der Waals surface area contributed by atoms with Gasteiger partial charge in [-0.25, -0.2) is 0 Å². The molecular weight excluding hydrogens is 693 g/mol. The Balaban J connectivity index is 1.09. The first-order valence-electron chi connectivity index (χ1n) is 23.2. The fourth-order valence-electron chi connectivity index (χ4n) is 12.3. The van der Waals surface area contributed by atoms with E-state index in [0.29, 0.717) is 30.1 Å². The van der Waals surface area contributed by atoms with E-state index in [1.54, 1.807) is 0 Å². The molecule has 318 valence electrons. The Labute approximate surface area is 334 Å². The summed E-state index contributed by atoms with van der Waals surface area (Å²) in [6.45, 7) is 14.1. The molecule has 14 atom stereocenters. The van der Waals surface area contributed by atoms with E-state index in [4.69, 9.17) is 14.2 Å². The van der Waals surface area contributed by atoms with Gasteiger partial charge in [0.1, 0.15) is 31.0 Å². The maximum absolute atomic E-state index is 12.5. The summed E-state index contributed by atoms with van der Waals surface area (Å²) < 4.78 is 17.9. The van der Waals surface area contributed by atoms with Crippen molar-refractivity contribution in [3.05, 3.63) is 11.6 Å². The zero-order valence-corrected chi connectivity index (χ0v) is 35.8. The highest BCUT2D eigenvalue weighted by Gasteiger charge is 2.61. The normalized spacial score (nSPS) is 39.3. The van der Waals surface area contributed by atoms with Gasteiger partial charge in [-0.1, -0.05) is 137 Å². The lowest BCUT2D eigenvalue weighted by Crippen LogP contribution is -2.60. The summed E-state index contributed by atoms with van der Waals surface area (Å²) in [5, 5.41) is 44.2. The van der Waals surface area contributed by atoms with E-state index in [9.17, 15) is 25.2 Å². The molecule has 0 aromatic heterocycles. The van der Waals surface area contributed by atoms with Crippen LogP contribution in [0.2, 0.25) is 0 Å². The molecule has 3 saturated carbocycles. The van der Waals surface area contributed by atoms with E-state index in [0.717, 1.165) is 56.3 Å². The maximum Gasteiger partial charge on any atom is 0.305 e. The van der Waals surface area contributed by atoms with Crippen molar-refractivity contribution in [1.82, 2.24) is 0 Å². The molecule has 0 radical (unpaired) electrons. The number of hydrogen-bond donors (Lipinski definition) is 4. The molecule has 1 aliphatic heterocycles. The number of unbranched alkanes of at least 4 members (excludes halogenated alkanes) is 10. The van der Waals surface area contributed by atoms with E-state index in [2.05, 4.69) is 47.6 Å². The fraction of sp³-hybridized carbons (Fsp3) is 0.936. The number of carbonyl (C=O) groups excluding carboxylic acids is 1. The predicted octanol–water partition coefficient (Wildman–Crippen LogP) is 9.44. The minimum Gasteiger partial charge on any atom is -0.463 e. The van der Waals surface area contributed by atoms with Crippen molar-refractivity contribution in [2.24, 2.45) is 46.3 Å². The molecule has 55 heavy (non-hydrogen) atoms. The zero-order chi connectivity index (χ0) is 39.8. The highest BCUT2D eigenvalue weighted by atomic mass is 16.7. The number of carbonyl (C=O) groups is 1. The standard InChI is InChI=1S/C47H82O8/c1-7-8-9-10-11-12-13-14-15-16-17-21-40(49)53-30-39-42(50)43(51)44(52)45(55-39)54-34-24-26-46(5)33(28-34)29-38(48)41-36-23-22-35(32(4)20-18-19-31(2)3)47(36,6)27-25-37(41)46/h29,31-32,34-39,41-45,48,50-52H,7-28,30H2,1-6H3/t32-,34?,35-,36?,37?,38-,39-,41?,42+,43-,44-,45+,46+,47-/m1/s1. The molecular formula is C47H82O8. The monoisotopic (exact) mass is 775 g/mol. The fourth-order valence-corrected chi connectivity index (χ4v) is 12.3. The molecule has 0 aromatic rings. The maximum atomic E-state index is 12.5. The topological polar surface area (TPSA) is 126 Å². The average molecular weight is 775 g/mol. The zero-order valence-electron chi connectivity index (χ0n) is 35.8. The molecule has 1 heterocycles. The number of rotatable bonds is 21. The van der Waals surface area contributed by atoms with E-state index < -0.39 is 36.8 Å². The highest BCUT2D eigenvalue weighted by Crippen LogP contribution is 2.67. The summed E-state index contributed by atoms with van der Waals surface area (Å²) in [4.78, 5) is 12.5. The minimum atomic E-state index is -1.48. The third-order valence-corrected chi connectivity index (χ3v) is 15.7. The van der Waals surface area contributed by atoms with Gasteiger partial charge in [0, 0.05) is 6.42 Å². The lowest BCUT2D eigenvalue weighted by molar-refractivity contribution is -0.313. The molecule has 4 unspecified atom stereocenters. The second-order valence-electron chi connectivity index (χ2n) is 19.9. The van der Waals surface area contributed by atoms with Gasteiger partial charge in [-0.2, -0.15) is 0 Å². The van der Waals surface area contributed by atoms with Crippen molar-refractivity contribution in [2.75, 3.05) is 6.61 Å². The van der Waals surface area contributed by atoms with Crippen LogP contribution in [0.4, 0.5) is 0 Å². The van der Waals surface area contributed by atoms with Gasteiger partial charge in [-0.3, -0.25) is 4.79 Å². The van der Waals surface area contributed by atoms with Crippen LogP contribution in [0.3, 0.4) is 0 Å². The lowest BCUT2D eigenvalue weighted by atomic mass is 9.46. The largest absolute Gasteiger partial charge is 0.463 e. The van der Waals surface area contributed by atoms with Crippen LogP contribution in [0.1, 0.15) is 183 Å². The third kappa shape index (κ3) is 11.0. The number of aliphatic hydroxyl groups excluding tert-OH is 4. The molecule has 0 spiro atoms. The number of ether oxygens (including phenoxy) is 3. The first-order chi connectivity index (χ1) is 26.3. The summed E-state index contributed by atoms with van der Waals surface area (Å²) in [6, 6.07) is 0. The quantitative estimate of drug-likeness (QED) is 0.0517. The number of aliphatic hydroxyl groups is 4. The molecule has 0 aromatic carbocycles. The van der Waals surface area contributed by atoms with Crippen molar-refractivity contribution in [3.63, 3.8) is 0 Å². The van der Waals surface area contributed by atoms with Crippen molar-refractivity contribution in [1.29, 1.82) is 0 Å². The van der Waals surface area contributed by atoms with E-state index in [-0.39, 0.29) is 30.0 Å². The molecule has 8 nitrogen and oxygen atoms in total. The number of fused-ring (bicyclic) bond motifs is 5. The Morgan fingerprint density at radius 2 is 1.47 bits per heavy atom. The van der Waals surface area contributed by atoms with E-state index >= 15 is 0 Å². The van der Waals surface area contributed by atoms with Gasteiger partial charge in [0.15, 0.2) is 6.29 Å². The van der Waals surface area contributed by atoms with Gasteiger partial charge in [-0.15, -0.1) is 0 Å². The Hall–Kier alpha value is -1.03. The average Bonchev–Trinajstić information content (AvgIpc) is 3.51. The van der Waals surface area contributed by atoms with Gasteiger partial charge in [0.25, 0.3) is 0 Å². The molecule has 0 amide bonds. The Morgan fingerprint density at radius 1 is 0.800 bits per heavy atom. The molecule has 4 aliphatic carbocycles. The van der Waals surface area contributed by atoms with Crippen molar-refractivity contribution in [2.45, 2.75) is 226 Å². The molecule has 4 fully saturated rings. The SMILES string of the molecule is CCCCCCCCCCCCCC(=O)OC[C@H]1O[C@H](OC2CC[C@@]3(C)C(=C[C@@H](O)C4C3CC[C@@]3(C)C4CC[C@@H]3[C@H](C)CCCC(C)C)C2)[C@H](O)[C@H](O)[C@H]1O. The Kier molecular flexibility index (Phi) is 17.0.